The smallest absolute Gasteiger partial charge is 0.317 e. The van der Waals surface area contributed by atoms with E-state index in [0.717, 1.165) is 24.6 Å². The van der Waals surface area contributed by atoms with Gasteiger partial charge in [-0.2, -0.15) is 11.8 Å². The molecule has 0 aromatic heterocycles. The zero-order valence-electron chi connectivity index (χ0n) is 7.67. The first-order valence-corrected chi connectivity index (χ1v) is 5.53. The van der Waals surface area contributed by atoms with Gasteiger partial charge in [0.2, 0.25) is 0 Å². The second-order valence-corrected chi connectivity index (χ2v) is 4.25. The largest absolute Gasteiger partial charge is 0.336 e. The van der Waals surface area contributed by atoms with Gasteiger partial charge in [0, 0.05) is 24.9 Å². The van der Waals surface area contributed by atoms with E-state index in [1.165, 1.54) is 0 Å². The predicted molar refractivity (Wildman–Crippen MR) is 52.6 cm³/mol. The Labute approximate surface area is 77.9 Å². The summed E-state index contributed by atoms with van der Waals surface area (Å²) < 4.78 is 0. The van der Waals surface area contributed by atoms with Gasteiger partial charge in [0.1, 0.15) is 0 Å². The fraction of sp³-hybridized carbons (Fsp3) is 0.875. The van der Waals surface area contributed by atoms with E-state index in [1.54, 1.807) is 0 Å². The van der Waals surface area contributed by atoms with Crippen molar-refractivity contribution in [1.29, 1.82) is 0 Å². The molecule has 1 atom stereocenters. The predicted octanol–water partition coefficient (Wildman–Crippen LogP) is 1.15. The highest BCUT2D eigenvalue weighted by atomic mass is 32.2. The lowest BCUT2D eigenvalue weighted by Crippen LogP contribution is -2.37. The molecule has 0 aromatic carbocycles. The Balaban J connectivity index is 2.30. The van der Waals surface area contributed by atoms with Crippen molar-refractivity contribution in [3.63, 3.8) is 0 Å². The van der Waals surface area contributed by atoms with E-state index >= 15 is 0 Å². The van der Waals surface area contributed by atoms with Crippen LogP contribution in [0.3, 0.4) is 0 Å². The van der Waals surface area contributed by atoms with Crippen molar-refractivity contribution in [2.75, 3.05) is 24.6 Å². The molecule has 0 saturated carbocycles. The Hall–Kier alpha value is -0.380. The van der Waals surface area contributed by atoms with Crippen LogP contribution in [0, 0.1) is 0 Å². The summed E-state index contributed by atoms with van der Waals surface area (Å²) in [6.45, 7) is 5.92. The van der Waals surface area contributed by atoms with Gasteiger partial charge in [-0.3, -0.25) is 0 Å². The summed E-state index contributed by atoms with van der Waals surface area (Å²) in [4.78, 5) is 13.1. The average Bonchev–Trinajstić information content (AvgIpc) is 2.47. The lowest BCUT2D eigenvalue weighted by molar-refractivity contribution is 0.207. The van der Waals surface area contributed by atoms with Crippen molar-refractivity contribution in [3.8, 4) is 0 Å². The number of amides is 2. The maximum absolute atomic E-state index is 11.2. The van der Waals surface area contributed by atoms with E-state index in [4.69, 9.17) is 0 Å². The average molecular weight is 188 g/mol. The first-order valence-electron chi connectivity index (χ1n) is 4.38. The summed E-state index contributed by atoms with van der Waals surface area (Å²) in [5, 5.41) is 2.80. The molecule has 0 aromatic rings. The Kier molecular flexibility index (Phi) is 3.72. The monoisotopic (exact) mass is 188 g/mol. The van der Waals surface area contributed by atoms with Crippen molar-refractivity contribution >= 4 is 17.8 Å². The fourth-order valence-corrected chi connectivity index (χ4v) is 2.04. The normalized spacial score (nSPS) is 19.5. The summed E-state index contributed by atoms with van der Waals surface area (Å²) in [7, 11) is 0. The summed E-state index contributed by atoms with van der Waals surface area (Å²) >= 11 is 1.88. The van der Waals surface area contributed by atoms with Gasteiger partial charge in [0.15, 0.2) is 0 Å². The number of rotatable bonds is 4. The zero-order chi connectivity index (χ0) is 8.97. The number of nitrogens with zero attached hydrogens (tertiary/aromatic N) is 1. The first-order chi connectivity index (χ1) is 5.75. The molecule has 1 unspecified atom stereocenters. The number of carbonyl (C=O) groups excluding carboxylic acids is 1. The summed E-state index contributed by atoms with van der Waals surface area (Å²) in [5.74, 6) is 2.17. The standard InChI is InChI=1S/C8H16N2OS/c1-3-12-6-7(2)10-5-4-9-8(10)11/h7H,3-6H2,1-2H3,(H,9,11). The molecule has 0 spiro atoms. The number of hydrogen-bond donors (Lipinski definition) is 1. The van der Waals surface area contributed by atoms with Crippen LogP contribution in [0.15, 0.2) is 0 Å². The lowest BCUT2D eigenvalue weighted by atomic mass is 10.3. The van der Waals surface area contributed by atoms with E-state index < -0.39 is 0 Å². The highest BCUT2D eigenvalue weighted by molar-refractivity contribution is 7.99. The maximum atomic E-state index is 11.2. The van der Waals surface area contributed by atoms with E-state index in [-0.39, 0.29) is 6.03 Å². The fourth-order valence-electron chi connectivity index (χ4n) is 1.29. The molecule has 0 radical (unpaired) electrons. The van der Waals surface area contributed by atoms with E-state index in [1.807, 2.05) is 16.7 Å². The quantitative estimate of drug-likeness (QED) is 0.718. The summed E-state index contributed by atoms with van der Waals surface area (Å²) in [6, 6.07) is 0.469. The third-order valence-electron chi connectivity index (χ3n) is 1.99. The van der Waals surface area contributed by atoms with E-state index in [0.29, 0.717) is 6.04 Å². The molecule has 4 heteroatoms. The van der Waals surface area contributed by atoms with Gasteiger partial charge < -0.3 is 10.2 Å². The SMILES string of the molecule is CCSCC(C)N1CCNC1=O. The van der Waals surface area contributed by atoms with Crippen molar-refractivity contribution in [3.05, 3.63) is 0 Å². The molecule has 1 N–H and O–H groups in total. The van der Waals surface area contributed by atoms with Gasteiger partial charge in [0.05, 0.1) is 0 Å². The van der Waals surface area contributed by atoms with Gasteiger partial charge in [-0.15, -0.1) is 0 Å². The minimum atomic E-state index is 0.0965. The van der Waals surface area contributed by atoms with Crippen molar-refractivity contribution in [2.45, 2.75) is 19.9 Å². The second-order valence-electron chi connectivity index (χ2n) is 2.93. The molecule has 1 aliphatic rings. The molecule has 3 nitrogen and oxygen atoms in total. The van der Waals surface area contributed by atoms with Crippen LogP contribution < -0.4 is 5.32 Å². The molecule has 70 valence electrons. The van der Waals surface area contributed by atoms with Crippen LogP contribution in [0.5, 0.6) is 0 Å². The summed E-state index contributed by atoms with van der Waals surface area (Å²) in [5.41, 5.74) is 0. The highest BCUT2D eigenvalue weighted by Crippen LogP contribution is 2.10. The van der Waals surface area contributed by atoms with Gasteiger partial charge in [-0.05, 0) is 12.7 Å². The molecule has 1 heterocycles. The minimum Gasteiger partial charge on any atom is -0.336 e. The van der Waals surface area contributed by atoms with Crippen LogP contribution in [-0.2, 0) is 0 Å². The van der Waals surface area contributed by atoms with E-state index in [2.05, 4.69) is 19.2 Å². The van der Waals surface area contributed by atoms with Crippen molar-refractivity contribution < 1.29 is 4.79 Å². The highest BCUT2D eigenvalue weighted by Gasteiger charge is 2.23. The van der Waals surface area contributed by atoms with Gasteiger partial charge in [-0.1, -0.05) is 6.92 Å². The number of carbonyl (C=O) groups is 1. The first kappa shape index (κ1) is 9.71. The molecule has 1 aliphatic heterocycles. The van der Waals surface area contributed by atoms with Gasteiger partial charge >= 0.3 is 6.03 Å². The minimum absolute atomic E-state index is 0.0965. The molecule has 12 heavy (non-hydrogen) atoms. The van der Waals surface area contributed by atoms with Crippen molar-refractivity contribution in [2.24, 2.45) is 0 Å². The van der Waals surface area contributed by atoms with E-state index in [9.17, 15) is 4.79 Å². The molecule has 1 saturated heterocycles. The van der Waals surface area contributed by atoms with Gasteiger partial charge in [-0.25, -0.2) is 4.79 Å². The number of nitrogens with one attached hydrogen (secondary N) is 1. The molecule has 0 bridgehead atoms. The third-order valence-corrected chi connectivity index (χ3v) is 3.11. The molecule has 2 amide bonds. The molecule has 0 aliphatic carbocycles. The van der Waals surface area contributed by atoms with Gasteiger partial charge in [0.25, 0.3) is 0 Å². The lowest BCUT2D eigenvalue weighted by Gasteiger charge is -2.22. The zero-order valence-corrected chi connectivity index (χ0v) is 8.49. The maximum Gasteiger partial charge on any atom is 0.317 e. The Morgan fingerprint density at radius 1 is 1.75 bits per heavy atom. The van der Waals surface area contributed by atoms with Crippen LogP contribution >= 0.6 is 11.8 Å². The van der Waals surface area contributed by atoms with Crippen LogP contribution in [0.25, 0.3) is 0 Å². The van der Waals surface area contributed by atoms with Crippen LogP contribution in [0.4, 0.5) is 4.79 Å². The Bertz CT molecular complexity index is 163. The third kappa shape index (κ3) is 2.30. The topological polar surface area (TPSA) is 32.3 Å². The van der Waals surface area contributed by atoms with Crippen LogP contribution in [0.1, 0.15) is 13.8 Å². The number of thioether (sulfide) groups is 1. The van der Waals surface area contributed by atoms with Crippen LogP contribution in [0.2, 0.25) is 0 Å². The Morgan fingerprint density at radius 2 is 2.50 bits per heavy atom. The number of urea groups is 1. The molecular formula is C8H16N2OS. The second kappa shape index (κ2) is 4.60. The molecule has 1 fully saturated rings. The molecule has 1 rings (SSSR count). The molecular weight excluding hydrogens is 172 g/mol. The number of hydrogen-bond acceptors (Lipinski definition) is 2. The summed E-state index contributed by atoms with van der Waals surface area (Å²) in [6.07, 6.45) is 0. The van der Waals surface area contributed by atoms with Crippen molar-refractivity contribution in [1.82, 2.24) is 10.2 Å². The van der Waals surface area contributed by atoms with Crippen LogP contribution in [-0.4, -0.2) is 41.6 Å². The Morgan fingerprint density at radius 3 is 3.00 bits per heavy atom.